The summed E-state index contributed by atoms with van der Waals surface area (Å²) in [6, 6.07) is 22.9. The van der Waals surface area contributed by atoms with Gasteiger partial charge in [-0.1, -0.05) is 60.7 Å². The van der Waals surface area contributed by atoms with Crippen molar-refractivity contribution in [3.8, 4) is 0 Å². The third-order valence-corrected chi connectivity index (χ3v) is 6.57. The van der Waals surface area contributed by atoms with E-state index in [0.29, 0.717) is 4.67 Å². The molecule has 0 radical (unpaired) electrons. The summed E-state index contributed by atoms with van der Waals surface area (Å²) in [6.45, 7) is -0.415. The van der Waals surface area contributed by atoms with Crippen molar-refractivity contribution in [2.24, 2.45) is 11.0 Å². The van der Waals surface area contributed by atoms with E-state index in [-0.39, 0.29) is 23.6 Å². The quantitative estimate of drug-likeness (QED) is 0.387. The number of fused-ring (bicyclic) bond motifs is 1. The highest BCUT2D eigenvalue weighted by Crippen LogP contribution is 2.44. The Morgan fingerprint density at radius 2 is 1.79 bits per heavy atom. The second-order valence-corrected chi connectivity index (χ2v) is 9.12. The molecule has 2 aromatic carbocycles. The third kappa shape index (κ3) is 4.61. The van der Waals surface area contributed by atoms with Crippen LogP contribution in [-0.4, -0.2) is 29.2 Å². The van der Waals surface area contributed by atoms with Crippen LogP contribution in [0.2, 0.25) is 0 Å². The number of esters is 1. The fourth-order valence-corrected chi connectivity index (χ4v) is 4.94. The Labute approximate surface area is 206 Å². The molecule has 1 aromatic heterocycles. The van der Waals surface area contributed by atoms with Crippen molar-refractivity contribution in [1.29, 1.82) is 0 Å². The normalized spacial score (nSPS) is 20.7. The molecule has 0 saturated heterocycles. The first kappa shape index (κ1) is 22.3. The van der Waals surface area contributed by atoms with Crippen molar-refractivity contribution < 1.29 is 18.7 Å². The van der Waals surface area contributed by atoms with Crippen LogP contribution in [0.25, 0.3) is 6.08 Å². The zero-order valence-corrected chi connectivity index (χ0v) is 20.0. The van der Waals surface area contributed by atoms with Crippen LogP contribution in [0.3, 0.4) is 0 Å². The number of rotatable bonds is 5. The van der Waals surface area contributed by atoms with Crippen LogP contribution in [-0.2, 0) is 9.53 Å². The Bertz CT molecular complexity index is 1250. The minimum absolute atomic E-state index is 0.0359. The number of hydrogen-bond donors (Lipinski definition) is 0. The molecule has 2 heterocycles. The summed E-state index contributed by atoms with van der Waals surface area (Å²) in [5.41, 5.74) is 4.22. The Morgan fingerprint density at radius 3 is 2.50 bits per heavy atom. The molecule has 1 aliphatic carbocycles. The van der Waals surface area contributed by atoms with Gasteiger partial charge in [-0.25, -0.2) is 9.80 Å². The van der Waals surface area contributed by atoms with E-state index in [0.717, 1.165) is 41.7 Å². The number of carbonyl (C=O) groups excluding carboxylic acids is 2. The minimum Gasteiger partial charge on any atom is -0.450 e. The summed E-state index contributed by atoms with van der Waals surface area (Å²) in [4.78, 5) is 25.5. The van der Waals surface area contributed by atoms with Gasteiger partial charge < -0.3 is 9.15 Å². The van der Waals surface area contributed by atoms with E-state index in [2.05, 4.69) is 34.1 Å². The number of nitrogens with zero attached hydrogens (tertiary/aromatic N) is 2. The lowest BCUT2D eigenvalue weighted by Crippen LogP contribution is -2.34. The molecule has 1 saturated carbocycles. The van der Waals surface area contributed by atoms with Gasteiger partial charge in [0.2, 0.25) is 5.76 Å². The second kappa shape index (κ2) is 9.81. The SMILES string of the molecule is O=C(OCC(=O)N1N=C2C(=Cc3ccccc3)CCCC2C1c1ccccc1)c1ccc(Br)o1. The zero-order valence-electron chi connectivity index (χ0n) is 18.4. The minimum atomic E-state index is -0.691. The van der Waals surface area contributed by atoms with Gasteiger partial charge in [-0.3, -0.25) is 4.79 Å². The lowest BCUT2D eigenvalue weighted by molar-refractivity contribution is -0.137. The second-order valence-electron chi connectivity index (χ2n) is 8.34. The largest absolute Gasteiger partial charge is 0.450 e. The molecule has 6 nitrogen and oxygen atoms in total. The van der Waals surface area contributed by atoms with Gasteiger partial charge in [-0.15, -0.1) is 0 Å². The first-order chi connectivity index (χ1) is 16.6. The van der Waals surface area contributed by atoms with Gasteiger partial charge >= 0.3 is 5.97 Å². The number of carbonyl (C=O) groups is 2. The highest BCUT2D eigenvalue weighted by atomic mass is 79.9. The molecule has 1 aliphatic heterocycles. The maximum Gasteiger partial charge on any atom is 0.374 e. The van der Waals surface area contributed by atoms with Gasteiger partial charge in [0.15, 0.2) is 11.3 Å². The van der Waals surface area contributed by atoms with E-state index < -0.39 is 12.6 Å². The van der Waals surface area contributed by atoms with Gasteiger partial charge in [0.1, 0.15) is 0 Å². The molecule has 5 rings (SSSR count). The Morgan fingerprint density at radius 1 is 1.06 bits per heavy atom. The molecular formula is C27H23BrN2O4. The maximum absolute atomic E-state index is 13.3. The fraction of sp³-hybridized carbons (Fsp3) is 0.222. The van der Waals surface area contributed by atoms with Crippen molar-refractivity contribution in [2.75, 3.05) is 6.61 Å². The predicted octanol–water partition coefficient (Wildman–Crippen LogP) is 6.02. The van der Waals surface area contributed by atoms with E-state index in [1.54, 1.807) is 6.07 Å². The predicted molar refractivity (Wildman–Crippen MR) is 132 cm³/mol. The van der Waals surface area contributed by atoms with Crippen molar-refractivity contribution in [1.82, 2.24) is 5.01 Å². The average molecular weight is 519 g/mol. The van der Waals surface area contributed by atoms with E-state index in [4.69, 9.17) is 14.3 Å². The van der Waals surface area contributed by atoms with Gasteiger partial charge in [-0.2, -0.15) is 5.10 Å². The summed E-state index contributed by atoms with van der Waals surface area (Å²) in [7, 11) is 0. The molecule has 0 bridgehead atoms. The van der Waals surface area contributed by atoms with Crippen LogP contribution in [0, 0.1) is 5.92 Å². The van der Waals surface area contributed by atoms with E-state index in [1.807, 2.05) is 48.5 Å². The maximum atomic E-state index is 13.3. The number of ether oxygens (including phenoxy) is 1. The monoisotopic (exact) mass is 518 g/mol. The summed E-state index contributed by atoms with van der Waals surface area (Å²) in [5.74, 6) is -0.932. The molecule has 2 unspecified atom stereocenters. The van der Waals surface area contributed by atoms with Crippen LogP contribution >= 0.6 is 15.9 Å². The molecule has 2 atom stereocenters. The highest BCUT2D eigenvalue weighted by Gasteiger charge is 2.43. The lowest BCUT2D eigenvalue weighted by Gasteiger charge is -2.29. The van der Waals surface area contributed by atoms with E-state index >= 15 is 0 Å². The number of hydrogen-bond acceptors (Lipinski definition) is 5. The molecule has 3 aromatic rings. The zero-order chi connectivity index (χ0) is 23.5. The molecule has 1 amide bonds. The summed E-state index contributed by atoms with van der Waals surface area (Å²) in [6.07, 6.45) is 5.04. The first-order valence-electron chi connectivity index (χ1n) is 11.2. The van der Waals surface area contributed by atoms with Crippen LogP contribution in [0.4, 0.5) is 0 Å². The number of allylic oxidation sites excluding steroid dienone is 1. The van der Waals surface area contributed by atoms with E-state index in [1.165, 1.54) is 11.1 Å². The number of amides is 1. The summed E-state index contributed by atoms with van der Waals surface area (Å²) < 4.78 is 10.9. The summed E-state index contributed by atoms with van der Waals surface area (Å²) in [5, 5.41) is 6.31. The average Bonchev–Trinajstić information content (AvgIpc) is 3.48. The topological polar surface area (TPSA) is 72.1 Å². The molecule has 34 heavy (non-hydrogen) atoms. The fourth-order valence-electron chi connectivity index (χ4n) is 4.63. The van der Waals surface area contributed by atoms with Crippen molar-refractivity contribution in [3.05, 3.63) is 99.9 Å². The standard InChI is InChI=1S/C27H23BrN2O4/c28-23-15-14-22(34-23)27(32)33-17-24(31)30-26(19-10-5-2-6-11-19)21-13-7-12-20(25(21)29-30)16-18-8-3-1-4-9-18/h1-6,8-11,14-16,21,26H,7,12-13,17H2. The number of benzene rings is 2. The van der Waals surface area contributed by atoms with Crippen molar-refractivity contribution >= 4 is 39.6 Å². The third-order valence-electron chi connectivity index (χ3n) is 6.14. The molecule has 1 fully saturated rings. The lowest BCUT2D eigenvalue weighted by atomic mass is 9.77. The molecule has 7 heteroatoms. The van der Waals surface area contributed by atoms with Gasteiger partial charge in [0.05, 0.1) is 11.8 Å². The molecule has 0 spiro atoms. The van der Waals surface area contributed by atoms with Crippen LogP contribution < -0.4 is 0 Å². The van der Waals surface area contributed by atoms with Crippen LogP contribution in [0.15, 0.2) is 92.6 Å². The Kier molecular flexibility index (Phi) is 6.45. The number of furan rings is 1. The molecule has 2 aliphatic rings. The van der Waals surface area contributed by atoms with E-state index in [9.17, 15) is 9.59 Å². The van der Waals surface area contributed by atoms with Crippen molar-refractivity contribution in [3.63, 3.8) is 0 Å². The summed E-state index contributed by atoms with van der Waals surface area (Å²) >= 11 is 3.16. The molecular weight excluding hydrogens is 496 g/mol. The molecule has 172 valence electrons. The Balaban J connectivity index is 1.42. The highest BCUT2D eigenvalue weighted by molar-refractivity contribution is 9.10. The molecule has 0 N–H and O–H groups in total. The van der Waals surface area contributed by atoms with Gasteiger partial charge in [-0.05, 0) is 70.1 Å². The first-order valence-corrected chi connectivity index (χ1v) is 12.0. The number of hydrazone groups is 1. The van der Waals surface area contributed by atoms with Crippen LogP contribution in [0.5, 0.6) is 0 Å². The van der Waals surface area contributed by atoms with Crippen molar-refractivity contribution in [2.45, 2.75) is 25.3 Å². The van der Waals surface area contributed by atoms with Gasteiger partial charge in [0, 0.05) is 5.92 Å². The number of halogens is 1. The Hall–Kier alpha value is -3.45. The van der Waals surface area contributed by atoms with Crippen LogP contribution in [0.1, 0.15) is 47.0 Å². The van der Waals surface area contributed by atoms with Gasteiger partial charge in [0.25, 0.3) is 5.91 Å². The smallest absolute Gasteiger partial charge is 0.374 e.